The van der Waals surface area contributed by atoms with Gasteiger partial charge in [-0.3, -0.25) is 0 Å². The molecule has 0 saturated carbocycles. The molecule has 30 heavy (non-hydrogen) atoms. The van der Waals surface area contributed by atoms with Crippen molar-refractivity contribution in [2.45, 2.75) is 31.1 Å². The number of piperidine rings is 1. The summed E-state index contributed by atoms with van der Waals surface area (Å²) in [5.74, 6) is -0.180. The minimum absolute atomic E-state index is 0.0275. The highest BCUT2D eigenvalue weighted by Crippen LogP contribution is 2.27. The number of aromatic nitrogens is 2. The van der Waals surface area contributed by atoms with E-state index in [4.69, 9.17) is 0 Å². The van der Waals surface area contributed by atoms with Gasteiger partial charge < -0.3 is 5.32 Å². The number of para-hydroxylation sites is 1. The second-order valence-corrected chi connectivity index (χ2v) is 9.28. The fraction of sp³-hybridized carbons (Fsp3) is 0.333. The Labute approximate surface area is 174 Å². The van der Waals surface area contributed by atoms with Crippen molar-refractivity contribution in [2.75, 3.05) is 18.4 Å². The van der Waals surface area contributed by atoms with Crippen LogP contribution in [-0.4, -0.2) is 41.8 Å². The van der Waals surface area contributed by atoms with Crippen LogP contribution in [0, 0.1) is 0 Å². The molecule has 1 aromatic heterocycles. The van der Waals surface area contributed by atoms with E-state index in [1.54, 1.807) is 36.4 Å². The zero-order valence-electron chi connectivity index (χ0n) is 16.2. The number of benzene rings is 2. The Morgan fingerprint density at radius 3 is 2.37 bits per heavy atom. The van der Waals surface area contributed by atoms with Crippen LogP contribution in [0.2, 0.25) is 0 Å². The molecule has 1 N–H and O–H groups in total. The first-order chi connectivity index (χ1) is 14.4. The third kappa shape index (κ3) is 4.57. The fourth-order valence-electron chi connectivity index (χ4n) is 3.65. The first-order valence-corrected chi connectivity index (χ1v) is 11.4. The summed E-state index contributed by atoms with van der Waals surface area (Å²) in [6.07, 6.45) is -1.63. The molecule has 0 bridgehead atoms. The number of hydrogen-bond acceptors (Lipinski definition) is 5. The molecule has 2 heterocycles. The van der Waals surface area contributed by atoms with E-state index in [2.05, 4.69) is 15.3 Å². The first kappa shape index (κ1) is 20.6. The van der Waals surface area contributed by atoms with Gasteiger partial charge >= 0.3 is 0 Å². The van der Waals surface area contributed by atoms with Crippen LogP contribution >= 0.6 is 0 Å². The highest BCUT2D eigenvalue weighted by Gasteiger charge is 2.28. The van der Waals surface area contributed by atoms with Crippen LogP contribution in [0.5, 0.6) is 0 Å². The molecule has 1 aliphatic heterocycles. The number of halogens is 2. The monoisotopic (exact) mass is 432 g/mol. The number of fused-ring (bicyclic) bond motifs is 1. The van der Waals surface area contributed by atoms with Gasteiger partial charge in [-0.2, -0.15) is 0 Å². The van der Waals surface area contributed by atoms with E-state index in [1.807, 2.05) is 18.2 Å². The van der Waals surface area contributed by atoms with Crippen molar-refractivity contribution in [3.63, 3.8) is 0 Å². The van der Waals surface area contributed by atoms with Crippen LogP contribution in [0.1, 0.15) is 30.7 Å². The minimum atomic E-state index is -3.40. The average Bonchev–Trinajstić information content (AvgIpc) is 2.74. The summed E-state index contributed by atoms with van der Waals surface area (Å²) in [5, 5.41) is 3.90. The lowest BCUT2D eigenvalue weighted by molar-refractivity contribution is 0.141. The second-order valence-electron chi connectivity index (χ2n) is 7.31. The molecule has 4 rings (SSSR count). The quantitative estimate of drug-likeness (QED) is 0.638. The molecule has 0 amide bonds. The number of hydrogen-bond donors (Lipinski definition) is 1. The van der Waals surface area contributed by atoms with E-state index in [-0.39, 0.29) is 11.8 Å². The van der Waals surface area contributed by atoms with Gasteiger partial charge in [0.25, 0.3) is 6.43 Å². The Hall–Kier alpha value is -2.65. The van der Waals surface area contributed by atoms with E-state index in [0.717, 1.165) is 5.56 Å². The van der Waals surface area contributed by atoms with E-state index < -0.39 is 22.3 Å². The van der Waals surface area contributed by atoms with E-state index in [0.29, 0.717) is 42.7 Å². The zero-order chi connectivity index (χ0) is 21.1. The minimum Gasteiger partial charge on any atom is -0.367 e. The fourth-order valence-corrected chi connectivity index (χ4v) is 5.21. The summed E-state index contributed by atoms with van der Waals surface area (Å²) in [6.45, 7) is 0.745. The van der Waals surface area contributed by atoms with Crippen LogP contribution < -0.4 is 5.32 Å². The lowest BCUT2D eigenvalue weighted by atomic mass is 10.1. The maximum atomic E-state index is 13.2. The van der Waals surface area contributed by atoms with Gasteiger partial charge in [0.15, 0.2) is 5.82 Å². The average molecular weight is 432 g/mol. The molecular weight excluding hydrogens is 410 g/mol. The largest absolute Gasteiger partial charge is 0.367 e. The van der Waals surface area contributed by atoms with Crippen LogP contribution in [-0.2, 0) is 15.8 Å². The third-order valence-corrected chi connectivity index (χ3v) is 7.05. The Balaban J connectivity index is 1.45. The molecule has 1 aliphatic rings. The second kappa shape index (κ2) is 8.61. The predicted octanol–water partition coefficient (Wildman–Crippen LogP) is 3.97. The number of alkyl halides is 2. The van der Waals surface area contributed by atoms with Gasteiger partial charge in [-0.25, -0.2) is 31.5 Å². The summed E-state index contributed by atoms with van der Waals surface area (Å²) >= 11 is 0. The van der Waals surface area contributed by atoms with Crippen molar-refractivity contribution >= 4 is 26.7 Å². The number of sulfonamides is 1. The Morgan fingerprint density at radius 2 is 1.67 bits per heavy atom. The summed E-state index contributed by atoms with van der Waals surface area (Å²) in [6, 6.07) is 16.0. The van der Waals surface area contributed by atoms with Crippen LogP contribution in [0.3, 0.4) is 0 Å². The molecule has 1 saturated heterocycles. The topological polar surface area (TPSA) is 75.2 Å². The van der Waals surface area contributed by atoms with Gasteiger partial charge in [-0.1, -0.05) is 42.5 Å². The van der Waals surface area contributed by atoms with Crippen molar-refractivity contribution in [3.05, 3.63) is 66.0 Å². The SMILES string of the molecule is O=S(=O)(Cc1ccccc1)N1CCC(Nc2nc(C(F)F)nc3ccccc23)CC1. The lowest BCUT2D eigenvalue weighted by Crippen LogP contribution is -2.42. The highest BCUT2D eigenvalue weighted by molar-refractivity contribution is 7.88. The molecule has 0 spiro atoms. The third-order valence-electron chi connectivity index (χ3n) is 5.20. The maximum Gasteiger partial charge on any atom is 0.297 e. The molecule has 9 heteroatoms. The van der Waals surface area contributed by atoms with Crippen molar-refractivity contribution in [1.82, 2.24) is 14.3 Å². The van der Waals surface area contributed by atoms with Gasteiger partial charge in [0.2, 0.25) is 10.0 Å². The Kier molecular flexibility index (Phi) is 5.92. The van der Waals surface area contributed by atoms with Crippen LogP contribution in [0.4, 0.5) is 14.6 Å². The van der Waals surface area contributed by atoms with Gasteiger partial charge in [0, 0.05) is 24.5 Å². The zero-order valence-corrected chi connectivity index (χ0v) is 17.0. The van der Waals surface area contributed by atoms with Crippen molar-refractivity contribution in [2.24, 2.45) is 0 Å². The molecule has 2 aromatic carbocycles. The molecule has 3 aromatic rings. The lowest BCUT2D eigenvalue weighted by Gasteiger charge is -2.32. The standard InChI is InChI=1S/C21H22F2N4O2S/c22-19(23)21-25-18-9-5-4-8-17(18)20(26-21)24-16-10-12-27(13-11-16)30(28,29)14-15-6-2-1-3-7-15/h1-9,16,19H,10-14H2,(H,24,25,26). The van der Waals surface area contributed by atoms with Crippen LogP contribution in [0.15, 0.2) is 54.6 Å². The molecular formula is C21H22F2N4O2S. The number of nitrogens with zero attached hydrogens (tertiary/aromatic N) is 3. The van der Waals surface area contributed by atoms with Crippen molar-refractivity contribution in [3.8, 4) is 0 Å². The van der Waals surface area contributed by atoms with Gasteiger partial charge in [0.1, 0.15) is 5.82 Å². The van der Waals surface area contributed by atoms with Crippen molar-refractivity contribution < 1.29 is 17.2 Å². The van der Waals surface area contributed by atoms with Crippen LogP contribution in [0.25, 0.3) is 10.9 Å². The van der Waals surface area contributed by atoms with E-state index >= 15 is 0 Å². The summed E-state index contributed by atoms with van der Waals surface area (Å²) in [4.78, 5) is 7.94. The summed E-state index contributed by atoms with van der Waals surface area (Å²) < 4.78 is 53.3. The van der Waals surface area contributed by atoms with Crippen molar-refractivity contribution in [1.29, 1.82) is 0 Å². The molecule has 1 fully saturated rings. The predicted molar refractivity (Wildman–Crippen MR) is 112 cm³/mol. The number of anilines is 1. The highest BCUT2D eigenvalue weighted by atomic mass is 32.2. The molecule has 0 aliphatic carbocycles. The molecule has 0 unspecified atom stereocenters. The number of rotatable bonds is 6. The molecule has 6 nitrogen and oxygen atoms in total. The normalized spacial score (nSPS) is 16.2. The van der Waals surface area contributed by atoms with E-state index in [9.17, 15) is 17.2 Å². The smallest absolute Gasteiger partial charge is 0.297 e. The maximum absolute atomic E-state index is 13.2. The van der Waals surface area contributed by atoms with E-state index in [1.165, 1.54) is 4.31 Å². The molecule has 0 radical (unpaired) electrons. The Morgan fingerprint density at radius 1 is 1.00 bits per heavy atom. The number of nitrogens with one attached hydrogen (secondary N) is 1. The molecule has 158 valence electrons. The van der Waals surface area contributed by atoms with Gasteiger partial charge in [0.05, 0.1) is 11.3 Å². The van der Waals surface area contributed by atoms with Gasteiger partial charge in [-0.05, 0) is 30.5 Å². The first-order valence-electron chi connectivity index (χ1n) is 9.75. The van der Waals surface area contributed by atoms with Gasteiger partial charge in [-0.15, -0.1) is 0 Å². The Bertz CT molecular complexity index is 1120. The molecule has 0 atom stereocenters. The summed E-state index contributed by atoms with van der Waals surface area (Å²) in [5.41, 5.74) is 1.21. The summed E-state index contributed by atoms with van der Waals surface area (Å²) in [7, 11) is -3.40.